The summed E-state index contributed by atoms with van der Waals surface area (Å²) in [4.78, 5) is 21.5. The Morgan fingerprint density at radius 3 is 2.65 bits per heavy atom. The van der Waals surface area contributed by atoms with Gasteiger partial charge in [-0.15, -0.1) is 0 Å². The van der Waals surface area contributed by atoms with E-state index in [0.29, 0.717) is 11.4 Å². The van der Waals surface area contributed by atoms with Crippen molar-refractivity contribution in [3.05, 3.63) is 52.2 Å². The normalized spacial score (nSPS) is 11.0. The van der Waals surface area contributed by atoms with Gasteiger partial charge >= 0.3 is 0 Å². The highest BCUT2D eigenvalue weighted by atomic mass is 16.1. The first-order valence-electron chi connectivity index (χ1n) is 7.49. The molecule has 2 N–H and O–H groups in total. The molecule has 6 heteroatoms. The van der Waals surface area contributed by atoms with Gasteiger partial charge in [-0.2, -0.15) is 5.10 Å². The summed E-state index contributed by atoms with van der Waals surface area (Å²) < 4.78 is 0. The van der Waals surface area contributed by atoms with E-state index in [0.717, 1.165) is 33.5 Å². The highest BCUT2D eigenvalue weighted by Crippen LogP contribution is 2.24. The Labute approximate surface area is 134 Å². The first-order valence-corrected chi connectivity index (χ1v) is 7.49. The number of amides is 1. The van der Waals surface area contributed by atoms with Gasteiger partial charge in [0.15, 0.2) is 5.82 Å². The van der Waals surface area contributed by atoms with Crippen molar-refractivity contribution in [2.75, 3.05) is 0 Å². The van der Waals surface area contributed by atoms with Crippen LogP contribution in [0.15, 0.2) is 18.2 Å². The van der Waals surface area contributed by atoms with Crippen molar-refractivity contribution in [2.24, 2.45) is 0 Å². The first-order chi connectivity index (χ1) is 11.0. The molecule has 1 amide bonds. The number of carbonyl (C=O) groups excluding carboxylic acids is 1. The van der Waals surface area contributed by atoms with Crippen molar-refractivity contribution < 1.29 is 4.79 Å². The molecule has 0 aliphatic heterocycles. The third kappa shape index (κ3) is 2.92. The maximum absolute atomic E-state index is 12.7. The summed E-state index contributed by atoms with van der Waals surface area (Å²) in [7, 11) is 0. The number of fused-ring (bicyclic) bond motifs is 1. The van der Waals surface area contributed by atoms with E-state index >= 15 is 0 Å². The van der Waals surface area contributed by atoms with Gasteiger partial charge in [0.05, 0.1) is 17.6 Å². The summed E-state index contributed by atoms with van der Waals surface area (Å²) in [5.74, 6) is 1.16. The average molecular weight is 309 g/mol. The van der Waals surface area contributed by atoms with E-state index in [9.17, 15) is 4.79 Å². The lowest BCUT2D eigenvalue weighted by Gasteiger charge is -2.12. The molecule has 2 heterocycles. The van der Waals surface area contributed by atoms with E-state index in [-0.39, 0.29) is 12.5 Å². The van der Waals surface area contributed by atoms with E-state index in [1.807, 2.05) is 45.9 Å². The summed E-state index contributed by atoms with van der Waals surface area (Å²) in [6.07, 6.45) is 0. The van der Waals surface area contributed by atoms with Crippen LogP contribution in [0.5, 0.6) is 0 Å². The number of rotatable bonds is 3. The van der Waals surface area contributed by atoms with E-state index in [4.69, 9.17) is 0 Å². The quantitative estimate of drug-likeness (QED) is 0.778. The zero-order valence-corrected chi connectivity index (χ0v) is 13.7. The van der Waals surface area contributed by atoms with Crippen molar-refractivity contribution in [1.82, 2.24) is 25.5 Å². The minimum atomic E-state index is -0.133. The molecule has 23 heavy (non-hydrogen) atoms. The number of benzene rings is 1. The fourth-order valence-corrected chi connectivity index (χ4v) is 2.60. The Bertz CT molecular complexity index is 897. The summed E-state index contributed by atoms with van der Waals surface area (Å²) in [5, 5.41) is 10.6. The van der Waals surface area contributed by atoms with Gasteiger partial charge in [0.2, 0.25) is 0 Å². The van der Waals surface area contributed by atoms with Gasteiger partial charge in [-0.05, 0) is 45.4 Å². The molecule has 0 saturated carbocycles. The van der Waals surface area contributed by atoms with Crippen LogP contribution in [0.3, 0.4) is 0 Å². The van der Waals surface area contributed by atoms with Crippen LogP contribution in [0, 0.1) is 27.7 Å². The second-order valence-electron chi connectivity index (χ2n) is 5.74. The van der Waals surface area contributed by atoms with Gasteiger partial charge < -0.3 is 5.32 Å². The molecule has 2 aromatic heterocycles. The van der Waals surface area contributed by atoms with Crippen LogP contribution in [0.1, 0.15) is 38.8 Å². The molecular formula is C17H19N5O. The van der Waals surface area contributed by atoms with Gasteiger partial charge in [-0.3, -0.25) is 14.9 Å². The minimum absolute atomic E-state index is 0.133. The maximum atomic E-state index is 12.7. The Kier molecular flexibility index (Phi) is 3.82. The van der Waals surface area contributed by atoms with Gasteiger partial charge in [0.25, 0.3) is 5.91 Å². The van der Waals surface area contributed by atoms with Crippen molar-refractivity contribution in [1.29, 1.82) is 0 Å². The number of H-pyrrole nitrogens is 1. The van der Waals surface area contributed by atoms with Gasteiger partial charge in [-0.1, -0.05) is 11.6 Å². The van der Waals surface area contributed by atoms with Gasteiger partial charge in [0.1, 0.15) is 5.82 Å². The molecule has 0 saturated heterocycles. The number of aromatic amines is 1. The Morgan fingerprint density at radius 1 is 1.17 bits per heavy atom. The molecule has 0 radical (unpaired) electrons. The second kappa shape index (κ2) is 5.79. The topological polar surface area (TPSA) is 83.6 Å². The van der Waals surface area contributed by atoms with Crippen LogP contribution in [-0.4, -0.2) is 26.1 Å². The van der Waals surface area contributed by atoms with Crippen molar-refractivity contribution in [2.45, 2.75) is 34.2 Å². The average Bonchev–Trinajstić information content (AvgIpc) is 2.92. The summed E-state index contributed by atoms with van der Waals surface area (Å²) in [6, 6.07) is 5.95. The lowest BCUT2D eigenvalue weighted by molar-refractivity contribution is 0.0951. The summed E-state index contributed by atoms with van der Waals surface area (Å²) in [5.41, 5.74) is 4.36. The number of nitrogens with one attached hydrogen (secondary N) is 2. The van der Waals surface area contributed by atoms with E-state index in [2.05, 4.69) is 25.5 Å². The van der Waals surface area contributed by atoms with E-state index < -0.39 is 0 Å². The highest BCUT2D eigenvalue weighted by Gasteiger charge is 2.17. The molecule has 0 aliphatic carbocycles. The van der Waals surface area contributed by atoms with Crippen LogP contribution < -0.4 is 5.32 Å². The van der Waals surface area contributed by atoms with Gasteiger partial charge in [-0.25, -0.2) is 4.98 Å². The van der Waals surface area contributed by atoms with Crippen LogP contribution in [-0.2, 0) is 6.54 Å². The molecule has 118 valence electrons. The molecule has 3 rings (SSSR count). The molecule has 0 unspecified atom stereocenters. The largest absolute Gasteiger partial charge is 0.345 e. The van der Waals surface area contributed by atoms with Crippen LogP contribution in [0.4, 0.5) is 0 Å². The number of hydrogen-bond donors (Lipinski definition) is 2. The Hall–Kier alpha value is -2.76. The summed E-state index contributed by atoms with van der Waals surface area (Å²) in [6.45, 7) is 7.97. The molecule has 0 spiro atoms. The number of pyridine rings is 1. The van der Waals surface area contributed by atoms with Gasteiger partial charge in [0, 0.05) is 11.1 Å². The number of nitrogens with zero attached hydrogens (tertiary/aromatic N) is 3. The number of aryl methyl sites for hydroxylation is 3. The fraction of sp³-hybridized carbons (Fsp3) is 0.294. The SMILES string of the molecule is Cc1ccc2nc(C)c(C)c(C(=O)NCc3n[nH]c(C)n3)c2c1. The van der Waals surface area contributed by atoms with E-state index in [1.54, 1.807) is 0 Å². The smallest absolute Gasteiger partial charge is 0.252 e. The molecular weight excluding hydrogens is 290 g/mol. The standard InChI is InChI=1S/C17H19N5O/c1-9-5-6-14-13(7-9)16(10(2)11(3)19-14)17(23)18-8-15-20-12(4)21-22-15/h5-7H,8H2,1-4H3,(H,18,23)(H,20,21,22). The maximum Gasteiger partial charge on any atom is 0.252 e. The third-order valence-electron chi connectivity index (χ3n) is 3.90. The minimum Gasteiger partial charge on any atom is -0.345 e. The first kappa shape index (κ1) is 15.1. The number of aromatic nitrogens is 4. The Morgan fingerprint density at radius 2 is 1.96 bits per heavy atom. The van der Waals surface area contributed by atoms with Crippen LogP contribution >= 0.6 is 0 Å². The molecule has 6 nitrogen and oxygen atoms in total. The zero-order valence-electron chi connectivity index (χ0n) is 13.7. The predicted octanol–water partition coefficient (Wildman–Crippen LogP) is 2.52. The molecule has 0 bridgehead atoms. The zero-order chi connectivity index (χ0) is 16.6. The molecule has 3 aromatic rings. The third-order valence-corrected chi connectivity index (χ3v) is 3.90. The number of hydrogen-bond acceptors (Lipinski definition) is 4. The van der Waals surface area contributed by atoms with Crippen molar-refractivity contribution in [3.63, 3.8) is 0 Å². The predicted molar refractivity (Wildman–Crippen MR) is 88.2 cm³/mol. The molecule has 0 aliphatic rings. The molecule has 0 atom stereocenters. The van der Waals surface area contributed by atoms with Crippen LogP contribution in [0.25, 0.3) is 10.9 Å². The van der Waals surface area contributed by atoms with Crippen LogP contribution in [0.2, 0.25) is 0 Å². The Balaban J connectivity index is 1.98. The number of carbonyl (C=O) groups is 1. The summed E-state index contributed by atoms with van der Waals surface area (Å²) >= 11 is 0. The monoisotopic (exact) mass is 309 g/mol. The van der Waals surface area contributed by atoms with E-state index in [1.165, 1.54) is 0 Å². The molecule has 1 aromatic carbocycles. The van der Waals surface area contributed by atoms with Crippen molar-refractivity contribution >= 4 is 16.8 Å². The second-order valence-corrected chi connectivity index (χ2v) is 5.74. The lowest BCUT2D eigenvalue weighted by atomic mass is 9.99. The van der Waals surface area contributed by atoms with Crippen molar-refractivity contribution in [3.8, 4) is 0 Å². The highest BCUT2D eigenvalue weighted by molar-refractivity contribution is 6.07. The lowest BCUT2D eigenvalue weighted by Crippen LogP contribution is -2.25. The molecule has 0 fully saturated rings. The fourth-order valence-electron chi connectivity index (χ4n) is 2.60.